The second-order valence-electron chi connectivity index (χ2n) is 5.56. The number of carbonyl (C=O) groups is 1. The molecule has 1 atom stereocenters. The van der Waals surface area contributed by atoms with Gasteiger partial charge >= 0.3 is 0 Å². The van der Waals surface area contributed by atoms with E-state index in [9.17, 15) is 9.90 Å². The van der Waals surface area contributed by atoms with Crippen LogP contribution in [0.15, 0.2) is 24.3 Å². The lowest BCUT2D eigenvalue weighted by Gasteiger charge is -2.30. The van der Waals surface area contributed by atoms with Crippen molar-refractivity contribution in [2.45, 2.75) is 50.5 Å². The van der Waals surface area contributed by atoms with Crippen LogP contribution in [0, 0.1) is 0 Å². The number of benzene rings is 1. The summed E-state index contributed by atoms with van der Waals surface area (Å²) in [5, 5.41) is 12.9. The number of carbonyl (C=O) groups excluding carboxylic acids is 1. The molecule has 110 valence electrons. The first-order valence-corrected chi connectivity index (χ1v) is 7.68. The quantitative estimate of drug-likeness (QED) is 0.877. The van der Waals surface area contributed by atoms with Crippen LogP contribution in [0.2, 0.25) is 5.02 Å². The summed E-state index contributed by atoms with van der Waals surface area (Å²) in [5.41, 5.74) is 0.515. The minimum absolute atomic E-state index is 0.0200. The first-order chi connectivity index (χ1) is 9.62. The van der Waals surface area contributed by atoms with E-state index in [1.165, 1.54) is 0 Å². The molecule has 1 amide bonds. The fraction of sp³-hybridized carbons (Fsp3) is 0.562. The second kappa shape index (κ2) is 6.59. The predicted octanol–water partition coefficient (Wildman–Crippen LogP) is 3.04. The molecule has 1 fully saturated rings. The minimum Gasteiger partial charge on any atom is -0.394 e. The number of rotatable bonds is 5. The highest BCUT2D eigenvalue weighted by Crippen LogP contribution is 2.42. The molecule has 2 N–H and O–H groups in total. The molecule has 1 saturated carbocycles. The molecule has 2 rings (SSSR count). The first kappa shape index (κ1) is 15.3. The summed E-state index contributed by atoms with van der Waals surface area (Å²) in [5.74, 6) is 0.0261. The molecule has 20 heavy (non-hydrogen) atoms. The fourth-order valence-corrected chi connectivity index (χ4v) is 3.20. The van der Waals surface area contributed by atoms with Crippen LogP contribution in [-0.4, -0.2) is 23.7 Å². The molecule has 1 aliphatic carbocycles. The highest BCUT2D eigenvalue weighted by atomic mass is 35.5. The SMILES string of the molecule is CCC(CO)NC(=O)C1(c2cccc(Cl)c2)CCCC1. The van der Waals surface area contributed by atoms with Crippen LogP contribution >= 0.6 is 11.6 Å². The number of aliphatic hydroxyl groups excluding tert-OH is 1. The summed E-state index contributed by atoms with van der Waals surface area (Å²) < 4.78 is 0. The lowest BCUT2D eigenvalue weighted by Crippen LogP contribution is -2.48. The van der Waals surface area contributed by atoms with Crippen LogP contribution in [0.3, 0.4) is 0 Å². The molecule has 1 aliphatic rings. The third-order valence-corrected chi connectivity index (χ3v) is 4.55. The van der Waals surface area contributed by atoms with Gasteiger partial charge in [0.05, 0.1) is 18.1 Å². The Morgan fingerprint density at radius 2 is 2.15 bits per heavy atom. The Morgan fingerprint density at radius 3 is 2.70 bits per heavy atom. The van der Waals surface area contributed by atoms with Crippen molar-refractivity contribution in [3.8, 4) is 0 Å². The van der Waals surface area contributed by atoms with Gasteiger partial charge in [0, 0.05) is 5.02 Å². The van der Waals surface area contributed by atoms with Crippen molar-refractivity contribution in [2.75, 3.05) is 6.61 Å². The van der Waals surface area contributed by atoms with E-state index in [0.29, 0.717) is 5.02 Å². The zero-order chi connectivity index (χ0) is 14.6. The van der Waals surface area contributed by atoms with E-state index in [-0.39, 0.29) is 18.6 Å². The van der Waals surface area contributed by atoms with E-state index < -0.39 is 5.41 Å². The van der Waals surface area contributed by atoms with Crippen LogP contribution in [0.1, 0.15) is 44.6 Å². The van der Waals surface area contributed by atoms with Crippen molar-refractivity contribution in [1.29, 1.82) is 0 Å². The van der Waals surface area contributed by atoms with E-state index in [1.54, 1.807) is 0 Å². The molecular weight excluding hydrogens is 274 g/mol. The molecular formula is C16H22ClNO2. The Bertz CT molecular complexity index is 465. The van der Waals surface area contributed by atoms with Crippen molar-refractivity contribution >= 4 is 17.5 Å². The summed E-state index contributed by atoms with van der Waals surface area (Å²) in [6.07, 6.45) is 4.53. The molecule has 1 unspecified atom stereocenters. The Hall–Kier alpha value is -1.06. The van der Waals surface area contributed by atoms with Gasteiger partial charge < -0.3 is 10.4 Å². The van der Waals surface area contributed by atoms with Crippen LogP contribution in [-0.2, 0) is 10.2 Å². The highest BCUT2D eigenvalue weighted by molar-refractivity contribution is 6.30. The van der Waals surface area contributed by atoms with Gasteiger partial charge in [-0.05, 0) is 37.0 Å². The Balaban J connectivity index is 2.28. The van der Waals surface area contributed by atoms with Crippen molar-refractivity contribution in [1.82, 2.24) is 5.32 Å². The van der Waals surface area contributed by atoms with Gasteiger partial charge in [-0.3, -0.25) is 4.79 Å². The van der Waals surface area contributed by atoms with E-state index in [4.69, 9.17) is 11.6 Å². The Labute approximate surface area is 125 Å². The van der Waals surface area contributed by atoms with Gasteiger partial charge in [-0.1, -0.05) is 43.5 Å². The van der Waals surface area contributed by atoms with Gasteiger partial charge in [-0.2, -0.15) is 0 Å². The van der Waals surface area contributed by atoms with Crippen molar-refractivity contribution in [3.05, 3.63) is 34.9 Å². The lowest BCUT2D eigenvalue weighted by molar-refractivity contribution is -0.127. The van der Waals surface area contributed by atoms with Crippen LogP contribution in [0.4, 0.5) is 0 Å². The molecule has 0 heterocycles. The second-order valence-corrected chi connectivity index (χ2v) is 6.00. The topological polar surface area (TPSA) is 49.3 Å². The normalized spacial score (nSPS) is 18.8. The Morgan fingerprint density at radius 1 is 1.45 bits per heavy atom. The van der Waals surface area contributed by atoms with E-state index >= 15 is 0 Å². The third kappa shape index (κ3) is 2.99. The molecule has 0 spiro atoms. The molecule has 0 bridgehead atoms. The van der Waals surface area contributed by atoms with Crippen molar-refractivity contribution in [2.24, 2.45) is 0 Å². The number of hydrogen-bond acceptors (Lipinski definition) is 2. The van der Waals surface area contributed by atoms with Gasteiger partial charge in [-0.25, -0.2) is 0 Å². The number of amides is 1. The predicted molar refractivity (Wildman–Crippen MR) is 80.9 cm³/mol. The largest absolute Gasteiger partial charge is 0.394 e. The van der Waals surface area contributed by atoms with Crippen LogP contribution < -0.4 is 5.32 Å². The monoisotopic (exact) mass is 295 g/mol. The third-order valence-electron chi connectivity index (χ3n) is 4.32. The fourth-order valence-electron chi connectivity index (χ4n) is 3.01. The van der Waals surface area contributed by atoms with Gasteiger partial charge in [0.25, 0.3) is 0 Å². The molecule has 1 aromatic rings. The smallest absolute Gasteiger partial charge is 0.230 e. The molecule has 0 aromatic heterocycles. The van der Waals surface area contributed by atoms with E-state index in [2.05, 4.69) is 5.32 Å². The minimum atomic E-state index is -0.479. The van der Waals surface area contributed by atoms with Crippen molar-refractivity contribution in [3.63, 3.8) is 0 Å². The molecule has 4 heteroatoms. The van der Waals surface area contributed by atoms with Crippen LogP contribution in [0.5, 0.6) is 0 Å². The average molecular weight is 296 g/mol. The summed E-state index contributed by atoms with van der Waals surface area (Å²) in [7, 11) is 0. The number of halogens is 1. The van der Waals surface area contributed by atoms with E-state index in [0.717, 1.165) is 37.7 Å². The average Bonchev–Trinajstić information content (AvgIpc) is 2.95. The molecule has 0 saturated heterocycles. The maximum Gasteiger partial charge on any atom is 0.230 e. The zero-order valence-corrected chi connectivity index (χ0v) is 12.6. The first-order valence-electron chi connectivity index (χ1n) is 7.30. The van der Waals surface area contributed by atoms with Gasteiger partial charge in [0.2, 0.25) is 5.91 Å². The summed E-state index contributed by atoms with van der Waals surface area (Å²) in [6, 6.07) is 7.44. The Kier molecular flexibility index (Phi) is 5.06. The van der Waals surface area contributed by atoms with Gasteiger partial charge in [0.1, 0.15) is 0 Å². The van der Waals surface area contributed by atoms with Crippen LogP contribution in [0.25, 0.3) is 0 Å². The maximum absolute atomic E-state index is 12.7. The molecule has 3 nitrogen and oxygen atoms in total. The zero-order valence-electron chi connectivity index (χ0n) is 11.9. The van der Waals surface area contributed by atoms with E-state index in [1.807, 2.05) is 31.2 Å². The summed E-state index contributed by atoms with van der Waals surface area (Å²) in [4.78, 5) is 12.7. The van der Waals surface area contributed by atoms with Gasteiger partial charge in [-0.15, -0.1) is 0 Å². The number of hydrogen-bond donors (Lipinski definition) is 2. The lowest BCUT2D eigenvalue weighted by atomic mass is 9.78. The van der Waals surface area contributed by atoms with Gasteiger partial charge in [0.15, 0.2) is 0 Å². The highest BCUT2D eigenvalue weighted by Gasteiger charge is 2.43. The standard InChI is InChI=1S/C16H22ClNO2/c1-2-14(11-19)18-15(20)16(8-3-4-9-16)12-6-5-7-13(17)10-12/h5-7,10,14,19H,2-4,8-9,11H2,1H3,(H,18,20). The number of aliphatic hydroxyl groups is 1. The van der Waals surface area contributed by atoms with Crippen molar-refractivity contribution < 1.29 is 9.90 Å². The summed E-state index contributed by atoms with van der Waals surface area (Å²) in [6.45, 7) is 1.94. The summed E-state index contributed by atoms with van der Waals surface area (Å²) >= 11 is 6.08. The molecule has 0 radical (unpaired) electrons. The number of nitrogens with one attached hydrogen (secondary N) is 1. The maximum atomic E-state index is 12.7. The molecule has 0 aliphatic heterocycles. The molecule has 1 aromatic carbocycles.